The van der Waals surface area contributed by atoms with E-state index in [-0.39, 0.29) is 5.91 Å². The summed E-state index contributed by atoms with van der Waals surface area (Å²) in [6.45, 7) is 12.8. The SMILES string of the molecule is CCOC(OCC)[Si]CCCCCCCCOc1ccc(O)cc1P(C)(C)(C)Br. The van der Waals surface area contributed by atoms with Crippen molar-refractivity contribution in [2.75, 3.05) is 39.8 Å². The number of ether oxygens (including phenoxy) is 3. The van der Waals surface area contributed by atoms with Crippen LogP contribution in [0.2, 0.25) is 6.04 Å². The molecule has 1 N–H and O–H groups in total. The summed E-state index contributed by atoms with van der Waals surface area (Å²) >= 11 is 3.89. The second-order valence-electron chi connectivity index (χ2n) is 8.42. The summed E-state index contributed by atoms with van der Waals surface area (Å²) < 4.78 is 17.3. The Balaban J connectivity index is 2.18. The van der Waals surface area contributed by atoms with Crippen molar-refractivity contribution in [1.29, 1.82) is 0 Å². The summed E-state index contributed by atoms with van der Waals surface area (Å²) in [5.41, 5.74) is 0. The average molecular weight is 508 g/mol. The number of phenols is 1. The summed E-state index contributed by atoms with van der Waals surface area (Å²) in [6.07, 6.45) is 7.32. The van der Waals surface area contributed by atoms with Gasteiger partial charge in [0.15, 0.2) is 0 Å². The molecule has 0 aliphatic heterocycles. The third kappa shape index (κ3) is 11.7. The molecule has 0 aromatic heterocycles. The normalized spacial score (nSPS) is 13.4. The third-order valence-electron chi connectivity index (χ3n) is 4.53. The number of benzene rings is 1. The summed E-state index contributed by atoms with van der Waals surface area (Å²) in [4.78, 5) is 0. The van der Waals surface area contributed by atoms with E-state index in [1.165, 1.54) is 38.1 Å². The van der Waals surface area contributed by atoms with E-state index in [0.717, 1.165) is 46.8 Å². The topological polar surface area (TPSA) is 47.9 Å². The molecule has 0 aliphatic carbocycles. The molecular formula is C22H40BrO4PSi. The monoisotopic (exact) mass is 506 g/mol. The Morgan fingerprint density at radius 3 is 2.14 bits per heavy atom. The van der Waals surface area contributed by atoms with Crippen LogP contribution in [0, 0.1) is 0 Å². The molecule has 0 atom stereocenters. The van der Waals surface area contributed by atoms with Crippen LogP contribution in [0.3, 0.4) is 0 Å². The minimum atomic E-state index is -2.18. The van der Waals surface area contributed by atoms with E-state index in [2.05, 4.69) is 35.5 Å². The molecule has 1 rings (SSSR count). The van der Waals surface area contributed by atoms with Gasteiger partial charge in [-0.25, -0.2) is 0 Å². The Labute approximate surface area is 188 Å². The fourth-order valence-electron chi connectivity index (χ4n) is 3.02. The van der Waals surface area contributed by atoms with Gasteiger partial charge in [0.05, 0.1) is 0 Å². The first-order valence-corrected chi connectivity index (χ1v) is 17.7. The van der Waals surface area contributed by atoms with Crippen LogP contribution in [0.15, 0.2) is 18.2 Å². The summed E-state index contributed by atoms with van der Waals surface area (Å²) in [5, 5.41) is 8.77. The zero-order valence-corrected chi connectivity index (χ0v) is 22.4. The van der Waals surface area contributed by atoms with Crippen LogP contribution in [0.25, 0.3) is 0 Å². The van der Waals surface area contributed by atoms with E-state index >= 15 is 0 Å². The second-order valence-corrected chi connectivity index (χ2v) is 22.9. The first kappa shape index (κ1) is 26.9. The Morgan fingerprint density at radius 2 is 1.55 bits per heavy atom. The van der Waals surface area contributed by atoms with Gasteiger partial charge in [-0.05, 0) is 13.8 Å². The number of rotatable bonds is 16. The predicted molar refractivity (Wildman–Crippen MR) is 132 cm³/mol. The van der Waals surface area contributed by atoms with Crippen molar-refractivity contribution in [2.45, 2.75) is 64.3 Å². The molecule has 0 saturated heterocycles. The van der Waals surface area contributed by atoms with Gasteiger partial charge < -0.3 is 9.47 Å². The molecule has 29 heavy (non-hydrogen) atoms. The number of unbranched alkanes of at least 4 members (excludes halogenated alkanes) is 5. The molecule has 168 valence electrons. The van der Waals surface area contributed by atoms with Crippen LogP contribution in [-0.4, -0.2) is 60.4 Å². The minimum absolute atomic E-state index is 0.00146. The van der Waals surface area contributed by atoms with Gasteiger partial charge in [0.2, 0.25) is 0 Å². The van der Waals surface area contributed by atoms with Crippen LogP contribution < -0.4 is 10.0 Å². The maximum atomic E-state index is 9.86. The molecule has 0 heterocycles. The molecule has 0 fully saturated rings. The van der Waals surface area contributed by atoms with Crippen molar-refractivity contribution < 1.29 is 19.3 Å². The van der Waals surface area contributed by atoms with Crippen molar-refractivity contribution >= 4 is 35.6 Å². The molecule has 1 aromatic rings. The quantitative estimate of drug-likeness (QED) is 0.130. The first-order chi connectivity index (χ1) is 13.6. The molecule has 0 unspecified atom stereocenters. The standard InChI is InChI=1S/C22H40BrO4PSi/c1-6-25-22(26-7-2)29-17-13-11-9-8-10-12-16-27-20-15-14-19(24)18-21(20)28(3,4,5)23/h14-15,18,22,24H,6-13,16-17H2,1-5H3. The van der Waals surface area contributed by atoms with E-state index in [0.29, 0.717) is 5.75 Å². The predicted octanol–water partition coefficient (Wildman–Crippen LogP) is 5.97. The number of phenolic OH excluding ortho intramolecular Hbond substituents is 1. The zero-order chi connectivity index (χ0) is 21.8. The van der Waals surface area contributed by atoms with Gasteiger partial charge in [-0.1, -0.05) is 0 Å². The van der Waals surface area contributed by atoms with Crippen LogP contribution in [-0.2, 0) is 9.47 Å². The molecular weight excluding hydrogens is 467 g/mol. The van der Waals surface area contributed by atoms with Gasteiger partial charge in [-0.15, -0.1) is 0 Å². The number of halogens is 1. The van der Waals surface area contributed by atoms with Crippen molar-refractivity contribution in [1.82, 2.24) is 0 Å². The van der Waals surface area contributed by atoms with Crippen LogP contribution >= 0.6 is 20.8 Å². The fourth-order valence-corrected chi connectivity index (χ4v) is 6.57. The van der Waals surface area contributed by atoms with Gasteiger partial charge in [0, 0.05) is 13.2 Å². The number of hydrogen-bond acceptors (Lipinski definition) is 4. The van der Waals surface area contributed by atoms with E-state index in [1.807, 2.05) is 26.0 Å². The molecule has 7 heteroatoms. The first-order valence-electron chi connectivity index (χ1n) is 10.8. The van der Waals surface area contributed by atoms with Crippen LogP contribution in [0.4, 0.5) is 0 Å². The maximum absolute atomic E-state index is 9.86. The van der Waals surface area contributed by atoms with Crippen molar-refractivity contribution in [2.24, 2.45) is 0 Å². The summed E-state index contributed by atoms with van der Waals surface area (Å²) in [6, 6.07) is 6.63. The molecule has 1 aromatic carbocycles. The van der Waals surface area contributed by atoms with Gasteiger partial charge >= 0.3 is 146 Å². The van der Waals surface area contributed by atoms with E-state index in [9.17, 15) is 5.11 Å². The average Bonchev–Trinajstić information content (AvgIpc) is 2.63. The van der Waals surface area contributed by atoms with Crippen molar-refractivity contribution in [3.8, 4) is 11.5 Å². The number of aromatic hydroxyl groups is 1. The fraction of sp³-hybridized carbons (Fsp3) is 0.727. The van der Waals surface area contributed by atoms with Crippen LogP contribution in [0.5, 0.6) is 11.5 Å². The van der Waals surface area contributed by atoms with Crippen molar-refractivity contribution in [3.05, 3.63) is 18.2 Å². The van der Waals surface area contributed by atoms with Gasteiger partial charge in [0.1, 0.15) is 5.91 Å². The molecule has 4 nitrogen and oxygen atoms in total. The molecule has 0 spiro atoms. The molecule has 0 saturated carbocycles. The van der Waals surface area contributed by atoms with Gasteiger partial charge in [0.25, 0.3) is 0 Å². The summed E-state index contributed by atoms with van der Waals surface area (Å²) in [5.74, 6) is 1.19. The van der Waals surface area contributed by atoms with Crippen molar-refractivity contribution in [3.63, 3.8) is 0 Å². The number of hydrogen-bond donors (Lipinski definition) is 1. The van der Waals surface area contributed by atoms with Crippen LogP contribution in [0.1, 0.15) is 52.4 Å². The Morgan fingerprint density at radius 1 is 0.966 bits per heavy atom. The van der Waals surface area contributed by atoms with E-state index in [1.54, 1.807) is 6.07 Å². The molecule has 0 aliphatic rings. The molecule has 0 amide bonds. The van der Waals surface area contributed by atoms with E-state index in [4.69, 9.17) is 14.2 Å². The molecule has 0 bridgehead atoms. The van der Waals surface area contributed by atoms with E-state index < -0.39 is 5.31 Å². The third-order valence-corrected chi connectivity index (χ3v) is 8.96. The zero-order valence-electron chi connectivity index (χ0n) is 18.9. The Kier molecular flexibility index (Phi) is 12.4. The summed E-state index contributed by atoms with van der Waals surface area (Å²) in [7, 11) is 0.740. The Hall–Kier alpha value is -0.133. The van der Waals surface area contributed by atoms with Gasteiger partial charge in [-0.3, -0.25) is 0 Å². The van der Waals surface area contributed by atoms with Gasteiger partial charge in [-0.2, -0.15) is 0 Å². The molecule has 2 radical (unpaired) electrons. The Bertz CT molecular complexity index is 577. The second kappa shape index (κ2) is 13.3.